The van der Waals surface area contributed by atoms with E-state index in [-0.39, 0.29) is 5.91 Å². The second kappa shape index (κ2) is 7.54. The third kappa shape index (κ3) is 3.51. The lowest BCUT2D eigenvalue weighted by atomic mass is 9.84. The first-order valence-corrected chi connectivity index (χ1v) is 11.0. The summed E-state index contributed by atoms with van der Waals surface area (Å²) in [7, 11) is 0. The summed E-state index contributed by atoms with van der Waals surface area (Å²) in [6.45, 7) is 1.01. The van der Waals surface area contributed by atoms with Crippen LogP contribution in [0.3, 0.4) is 0 Å². The summed E-state index contributed by atoms with van der Waals surface area (Å²) in [6.07, 6.45) is 4.92. The zero-order valence-corrected chi connectivity index (χ0v) is 17.7. The first-order chi connectivity index (χ1) is 14.5. The molecule has 2 aromatic heterocycles. The van der Waals surface area contributed by atoms with Gasteiger partial charge >= 0.3 is 0 Å². The van der Waals surface area contributed by atoms with E-state index in [0.717, 1.165) is 20.9 Å². The number of amides is 1. The number of carbonyl (C=O) groups excluding carboxylic acids is 1. The molecular formula is C23H20ClN3O2S. The first kappa shape index (κ1) is 19.3. The molecule has 1 amide bonds. The SMILES string of the molecule is O=C(c1ccc2nc(-n3cccc3)sc2c1)N1CCC(O)(c2ccc(Cl)cc2)CC1. The highest BCUT2D eigenvalue weighted by molar-refractivity contribution is 7.20. The Morgan fingerprint density at radius 1 is 1.07 bits per heavy atom. The van der Waals surface area contributed by atoms with Crippen molar-refractivity contribution in [2.24, 2.45) is 0 Å². The molecule has 5 nitrogen and oxygen atoms in total. The molecule has 0 bridgehead atoms. The number of piperidine rings is 1. The van der Waals surface area contributed by atoms with Gasteiger partial charge in [0.1, 0.15) is 0 Å². The lowest BCUT2D eigenvalue weighted by Crippen LogP contribution is -2.45. The number of nitrogens with zero attached hydrogens (tertiary/aromatic N) is 3. The highest BCUT2D eigenvalue weighted by Gasteiger charge is 2.35. The number of aromatic nitrogens is 2. The third-order valence-electron chi connectivity index (χ3n) is 5.71. The highest BCUT2D eigenvalue weighted by atomic mass is 35.5. The largest absolute Gasteiger partial charge is 0.385 e. The summed E-state index contributed by atoms with van der Waals surface area (Å²) in [4.78, 5) is 19.5. The highest BCUT2D eigenvalue weighted by Crippen LogP contribution is 2.34. The van der Waals surface area contributed by atoms with Gasteiger partial charge in [-0.3, -0.25) is 4.79 Å². The van der Waals surface area contributed by atoms with Gasteiger partial charge in [-0.1, -0.05) is 35.1 Å². The molecule has 2 aromatic carbocycles. The van der Waals surface area contributed by atoms with Gasteiger partial charge in [0.25, 0.3) is 5.91 Å². The van der Waals surface area contributed by atoms with Crippen molar-refractivity contribution in [3.05, 3.63) is 83.1 Å². The van der Waals surface area contributed by atoms with Crippen LogP contribution in [0.2, 0.25) is 5.02 Å². The zero-order valence-electron chi connectivity index (χ0n) is 16.2. The van der Waals surface area contributed by atoms with E-state index >= 15 is 0 Å². The maximum atomic E-state index is 13.1. The minimum Gasteiger partial charge on any atom is -0.385 e. The molecule has 1 aliphatic rings. The number of carbonyl (C=O) groups is 1. The normalized spacial score (nSPS) is 16.1. The van der Waals surface area contributed by atoms with Crippen LogP contribution in [0.15, 0.2) is 67.0 Å². The minimum atomic E-state index is -0.922. The molecule has 0 radical (unpaired) electrons. The lowest BCUT2D eigenvalue weighted by Gasteiger charge is -2.38. The Morgan fingerprint density at radius 2 is 1.77 bits per heavy atom. The fourth-order valence-electron chi connectivity index (χ4n) is 3.93. The Labute approximate surface area is 183 Å². The van der Waals surface area contributed by atoms with Crippen molar-refractivity contribution >= 4 is 39.1 Å². The Hall–Kier alpha value is -2.67. The van der Waals surface area contributed by atoms with Crippen LogP contribution in [0.4, 0.5) is 0 Å². The number of likely N-dealkylation sites (tertiary alicyclic amines) is 1. The molecule has 5 rings (SSSR count). The molecular weight excluding hydrogens is 418 g/mol. The van der Waals surface area contributed by atoms with E-state index in [2.05, 4.69) is 4.98 Å². The molecule has 30 heavy (non-hydrogen) atoms. The van der Waals surface area contributed by atoms with Gasteiger partial charge in [-0.25, -0.2) is 4.98 Å². The molecule has 0 unspecified atom stereocenters. The van der Waals surface area contributed by atoms with E-state index in [1.165, 1.54) is 0 Å². The van der Waals surface area contributed by atoms with Gasteiger partial charge in [-0.2, -0.15) is 0 Å². The van der Waals surface area contributed by atoms with Crippen LogP contribution in [0.25, 0.3) is 15.3 Å². The minimum absolute atomic E-state index is 0.00836. The second-order valence-corrected chi connectivity index (χ2v) is 9.05. The molecule has 1 saturated heterocycles. The fourth-order valence-corrected chi connectivity index (χ4v) is 5.03. The van der Waals surface area contributed by atoms with Crippen molar-refractivity contribution in [3.63, 3.8) is 0 Å². The van der Waals surface area contributed by atoms with Crippen molar-refractivity contribution < 1.29 is 9.90 Å². The topological polar surface area (TPSA) is 58.4 Å². The maximum absolute atomic E-state index is 13.1. The summed E-state index contributed by atoms with van der Waals surface area (Å²) in [5.41, 5.74) is 1.47. The molecule has 0 aliphatic carbocycles. The van der Waals surface area contributed by atoms with Crippen LogP contribution < -0.4 is 0 Å². The van der Waals surface area contributed by atoms with Crippen molar-refractivity contribution in [2.75, 3.05) is 13.1 Å². The van der Waals surface area contributed by atoms with Crippen molar-refractivity contribution in [1.82, 2.24) is 14.5 Å². The van der Waals surface area contributed by atoms with Gasteiger partial charge in [0.15, 0.2) is 5.13 Å². The van der Waals surface area contributed by atoms with Crippen molar-refractivity contribution in [1.29, 1.82) is 0 Å². The number of benzene rings is 2. The zero-order chi connectivity index (χ0) is 20.7. The van der Waals surface area contributed by atoms with E-state index < -0.39 is 5.60 Å². The van der Waals surface area contributed by atoms with E-state index in [1.54, 1.807) is 23.5 Å². The van der Waals surface area contributed by atoms with Gasteiger partial charge in [0.05, 0.1) is 15.8 Å². The van der Waals surface area contributed by atoms with Gasteiger partial charge in [0.2, 0.25) is 0 Å². The molecule has 1 aliphatic heterocycles. The molecule has 1 fully saturated rings. The number of halogens is 1. The Kier molecular flexibility index (Phi) is 4.85. The molecule has 1 N–H and O–H groups in total. The summed E-state index contributed by atoms with van der Waals surface area (Å²) < 4.78 is 2.95. The van der Waals surface area contributed by atoms with Crippen LogP contribution >= 0.6 is 22.9 Å². The number of hydrogen-bond donors (Lipinski definition) is 1. The molecule has 0 saturated carbocycles. The average Bonchev–Trinajstić information content (AvgIpc) is 3.43. The van der Waals surface area contributed by atoms with Gasteiger partial charge < -0.3 is 14.6 Å². The fraction of sp³-hybridized carbons (Fsp3) is 0.217. The number of rotatable bonds is 3. The summed E-state index contributed by atoms with van der Waals surface area (Å²) in [6, 6.07) is 16.9. The molecule has 7 heteroatoms. The van der Waals surface area contributed by atoms with Crippen LogP contribution in [0, 0.1) is 0 Å². The molecule has 0 atom stereocenters. The van der Waals surface area contributed by atoms with Gasteiger partial charge in [-0.05, 0) is 60.9 Å². The third-order valence-corrected chi connectivity index (χ3v) is 6.99. The standard InChI is InChI=1S/C23H20ClN3O2S/c24-18-6-4-17(5-7-18)23(29)9-13-26(14-10-23)21(28)16-3-8-19-20(15-16)30-22(25-19)27-11-1-2-12-27/h1-8,11-12,15,29H,9-10,13-14H2. The predicted octanol–water partition coefficient (Wildman–Crippen LogP) is 4.86. The van der Waals surface area contributed by atoms with E-state index in [1.807, 2.05) is 64.3 Å². The summed E-state index contributed by atoms with van der Waals surface area (Å²) in [5.74, 6) is -0.00836. The van der Waals surface area contributed by atoms with Gasteiger partial charge in [0, 0.05) is 36.1 Å². The average molecular weight is 438 g/mol. The summed E-state index contributed by atoms with van der Waals surface area (Å²) in [5, 5.41) is 12.6. The van der Waals surface area contributed by atoms with Gasteiger partial charge in [-0.15, -0.1) is 0 Å². The monoisotopic (exact) mass is 437 g/mol. The molecule has 3 heterocycles. The molecule has 152 valence electrons. The first-order valence-electron chi connectivity index (χ1n) is 9.83. The Bertz CT molecular complexity index is 1190. The summed E-state index contributed by atoms with van der Waals surface area (Å²) >= 11 is 7.52. The number of hydrogen-bond acceptors (Lipinski definition) is 4. The van der Waals surface area contributed by atoms with Crippen LogP contribution in [-0.4, -0.2) is 38.6 Å². The quantitative estimate of drug-likeness (QED) is 0.497. The van der Waals surface area contributed by atoms with Crippen molar-refractivity contribution in [2.45, 2.75) is 18.4 Å². The van der Waals surface area contributed by atoms with E-state index in [0.29, 0.717) is 36.5 Å². The number of thiazole rings is 1. The second-order valence-electron chi connectivity index (χ2n) is 7.60. The Balaban J connectivity index is 1.33. The molecule has 0 spiro atoms. The number of aliphatic hydroxyl groups is 1. The Morgan fingerprint density at radius 3 is 2.47 bits per heavy atom. The van der Waals surface area contributed by atoms with E-state index in [4.69, 9.17) is 11.6 Å². The maximum Gasteiger partial charge on any atom is 0.253 e. The number of fused-ring (bicyclic) bond motifs is 1. The van der Waals surface area contributed by atoms with E-state index in [9.17, 15) is 9.90 Å². The van der Waals surface area contributed by atoms with Crippen LogP contribution in [0.1, 0.15) is 28.8 Å². The predicted molar refractivity (Wildman–Crippen MR) is 119 cm³/mol. The smallest absolute Gasteiger partial charge is 0.253 e. The van der Waals surface area contributed by atoms with Crippen LogP contribution in [-0.2, 0) is 5.60 Å². The lowest BCUT2D eigenvalue weighted by molar-refractivity contribution is -0.0211. The van der Waals surface area contributed by atoms with Crippen molar-refractivity contribution in [3.8, 4) is 5.13 Å². The molecule has 4 aromatic rings. The van der Waals surface area contributed by atoms with Crippen LogP contribution in [0.5, 0.6) is 0 Å².